The predicted molar refractivity (Wildman–Crippen MR) is 107 cm³/mol. The number of ether oxygens (including phenoxy) is 1. The Kier molecular flexibility index (Phi) is 6.27. The number of carbonyl (C=O) groups excluding carboxylic acids is 1. The van der Waals surface area contributed by atoms with Gasteiger partial charge < -0.3 is 14.5 Å². The summed E-state index contributed by atoms with van der Waals surface area (Å²) in [5, 5.41) is 11.2. The minimum Gasteiger partial charge on any atom is -0.435 e. The fourth-order valence-corrected chi connectivity index (χ4v) is 4.01. The Morgan fingerprint density at radius 1 is 1.20 bits per heavy atom. The summed E-state index contributed by atoms with van der Waals surface area (Å²) in [6, 6.07) is 14.1. The monoisotopic (exact) mass is 431 g/mol. The van der Waals surface area contributed by atoms with Gasteiger partial charge in [-0.15, -0.1) is 10.2 Å². The molecule has 156 valence electrons. The molecule has 30 heavy (non-hydrogen) atoms. The van der Waals surface area contributed by atoms with Crippen molar-refractivity contribution in [3.63, 3.8) is 0 Å². The molecule has 6 nitrogen and oxygen atoms in total. The summed E-state index contributed by atoms with van der Waals surface area (Å²) in [6.45, 7) is -2.88. The summed E-state index contributed by atoms with van der Waals surface area (Å²) in [6.07, 6.45) is 3.00. The van der Waals surface area contributed by atoms with Gasteiger partial charge in [-0.3, -0.25) is 4.79 Å². The fourth-order valence-electron chi connectivity index (χ4n) is 3.43. The number of alkyl halides is 2. The van der Waals surface area contributed by atoms with Gasteiger partial charge in [0, 0.05) is 5.56 Å². The molecule has 1 aliphatic rings. The van der Waals surface area contributed by atoms with Crippen molar-refractivity contribution in [1.82, 2.24) is 15.5 Å². The molecular weight excluding hydrogens is 412 g/mol. The van der Waals surface area contributed by atoms with Crippen LogP contribution in [-0.2, 0) is 11.2 Å². The zero-order valence-corrected chi connectivity index (χ0v) is 16.7. The lowest BCUT2D eigenvalue weighted by Gasteiger charge is -2.26. The van der Waals surface area contributed by atoms with Gasteiger partial charge in [0.25, 0.3) is 5.22 Å². The van der Waals surface area contributed by atoms with Crippen LogP contribution in [0.15, 0.2) is 58.2 Å². The largest absolute Gasteiger partial charge is 0.435 e. The van der Waals surface area contributed by atoms with Gasteiger partial charge in [-0.25, -0.2) is 0 Å². The van der Waals surface area contributed by atoms with Crippen LogP contribution >= 0.6 is 11.8 Å². The van der Waals surface area contributed by atoms with Crippen LogP contribution in [0.5, 0.6) is 5.75 Å². The summed E-state index contributed by atoms with van der Waals surface area (Å²) < 4.78 is 34.3. The van der Waals surface area contributed by atoms with Gasteiger partial charge in [0.1, 0.15) is 5.75 Å². The molecule has 1 atom stereocenters. The van der Waals surface area contributed by atoms with Crippen LogP contribution in [0.3, 0.4) is 0 Å². The number of hydrogen-bond donors (Lipinski definition) is 1. The number of nitrogens with one attached hydrogen (secondary N) is 1. The van der Waals surface area contributed by atoms with Crippen LogP contribution in [0, 0.1) is 0 Å². The molecule has 0 radical (unpaired) electrons. The van der Waals surface area contributed by atoms with Crippen molar-refractivity contribution < 1.29 is 22.7 Å². The first kappa shape index (κ1) is 20.3. The minimum atomic E-state index is -2.88. The third kappa shape index (κ3) is 4.96. The average molecular weight is 431 g/mol. The number of halogens is 2. The number of benzene rings is 2. The maximum absolute atomic E-state index is 12.4. The third-order valence-corrected chi connectivity index (χ3v) is 5.58. The number of hydrogen-bond acceptors (Lipinski definition) is 6. The molecule has 0 saturated heterocycles. The molecule has 1 aliphatic carbocycles. The van der Waals surface area contributed by atoms with Gasteiger partial charge in [-0.2, -0.15) is 8.78 Å². The highest BCUT2D eigenvalue weighted by molar-refractivity contribution is 7.99. The molecule has 0 fully saturated rings. The third-order valence-electron chi connectivity index (χ3n) is 4.76. The quantitative estimate of drug-likeness (QED) is 0.550. The molecule has 1 heterocycles. The van der Waals surface area contributed by atoms with Crippen molar-refractivity contribution in [2.75, 3.05) is 5.75 Å². The van der Waals surface area contributed by atoms with Crippen LogP contribution in [0.1, 0.15) is 30.0 Å². The van der Waals surface area contributed by atoms with E-state index in [4.69, 9.17) is 4.42 Å². The number of thioether (sulfide) groups is 1. The molecule has 1 aromatic heterocycles. The van der Waals surface area contributed by atoms with E-state index in [-0.39, 0.29) is 34.6 Å². The zero-order valence-electron chi connectivity index (χ0n) is 15.9. The van der Waals surface area contributed by atoms with Gasteiger partial charge in [-0.05, 0) is 54.7 Å². The SMILES string of the molecule is O=C(CSc1nnc(-c2ccc(OC(F)F)cc2)o1)N[C@H]1CCCc2ccccc21. The van der Waals surface area contributed by atoms with Crippen molar-refractivity contribution in [2.24, 2.45) is 0 Å². The molecule has 0 unspecified atom stereocenters. The molecule has 0 spiro atoms. The van der Waals surface area contributed by atoms with Crippen LogP contribution in [0.4, 0.5) is 8.78 Å². The van der Waals surface area contributed by atoms with E-state index >= 15 is 0 Å². The molecule has 0 bridgehead atoms. The Hall–Kier alpha value is -2.94. The second-order valence-corrected chi connectivity index (χ2v) is 7.70. The predicted octanol–water partition coefficient (Wildman–Crippen LogP) is 4.62. The fraction of sp³-hybridized carbons (Fsp3) is 0.286. The molecule has 9 heteroatoms. The van der Waals surface area contributed by atoms with E-state index in [0.717, 1.165) is 31.0 Å². The lowest BCUT2D eigenvalue weighted by molar-refractivity contribution is -0.119. The van der Waals surface area contributed by atoms with E-state index in [1.54, 1.807) is 12.1 Å². The molecule has 1 amide bonds. The minimum absolute atomic E-state index is 0.0234. The van der Waals surface area contributed by atoms with Crippen molar-refractivity contribution >= 4 is 17.7 Å². The lowest BCUT2D eigenvalue weighted by atomic mass is 9.88. The first-order valence-electron chi connectivity index (χ1n) is 9.47. The van der Waals surface area contributed by atoms with Gasteiger partial charge in [-0.1, -0.05) is 36.0 Å². The van der Waals surface area contributed by atoms with Crippen molar-refractivity contribution in [3.8, 4) is 17.2 Å². The second kappa shape index (κ2) is 9.25. The highest BCUT2D eigenvalue weighted by atomic mass is 32.2. The highest BCUT2D eigenvalue weighted by Gasteiger charge is 2.21. The molecule has 0 saturated carbocycles. The van der Waals surface area contributed by atoms with E-state index in [2.05, 4.69) is 32.4 Å². The summed E-state index contributed by atoms with van der Waals surface area (Å²) in [5.74, 6) is 0.336. The molecule has 2 aromatic carbocycles. The van der Waals surface area contributed by atoms with E-state index in [1.165, 1.54) is 23.3 Å². The van der Waals surface area contributed by atoms with E-state index in [0.29, 0.717) is 5.56 Å². The summed E-state index contributed by atoms with van der Waals surface area (Å²) in [7, 11) is 0. The number of nitrogens with zero attached hydrogens (tertiary/aromatic N) is 2. The molecule has 4 rings (SSSR count). The van der Waals surface area contributed by atoms with E-state index in [9.17, 15) is 13.6 Å². The number of amides is 1. The second-order valence-electron chi connectivity index (χ2n) is 6.78. The lowest BCUT2D eigenvalue weighted by Crippen LogP contribution is -2.32. The smallest absolute Gasteiger partial charge is 0.387 e. The Morgan fingerprint density at radius 2 is 2.00 bits per heavy atom. The van der Waals surface area contributed by atoms with Crippen molar-refractivity contribution in [2.45, 2.75) is 37.1 Å². The number of aryl methyl sites for hydroxylation is 1. The van der Waals surface area contributed by atoms with Crippen LogP contribution in [0.2, 0.25) is 0 Å². The van der Waals surface area contributed by atoms with Crippen LogP contribution < -0.4 is 10.1 Å². The zero-order chi connectivity index (χ0) is 20.9. The Balaban J connectivity index is 1.32. The highest BCUT2D eigenvalue weighted by Crippen LogP contribution is 2.30. The standard InChI is InChI=1S/C21H19F2N3O3S/c22-20(23)28-15-10-8-14(9-11-15)19-25-26-21(29-19)30-12-18(27)24-17-7-3-5-13-4-1-2-6-16(13)17/h1-2,4,6,8-11,17,20H,3,5,7,12H2,(H,24,27)/t17-/m0/s1. The van der Waals surface area contributed by atoms with Gasteiger partial charge >= 0.3 is 6.61 Å². The number of aromatic nitrogens is 2. The van der Waals surface area contributed by atoms with Crippen LogP contribution in [0.25, 0.3) is 11.5 Å². The number of rotatable bonds is 7. The normalized spacial score (nSPS) is 15.6. The summed E-state index contributed by atoms with van der Waals surface area (Å²) in [4.78, 5) is 12.4. The summed E-state index contributed by atoms with van der Waals surface area (Å²) in [5.41, 5.74) is 3.04. The first-order valence-corrected chi connectivity index (χ1v) is 10.5. The molecule has 3 aromatic rings. The maximum atomic E-state index is 12.4. The van der Waals surface area contributed by atoms with E-state index < -0.39 is 6.61 Å². The van der Waals surface area contributed by atoms with Gasteiger partial charge in [0.15, 0.2) is 0 Å². The molecule has 0 aliphatic heterocycles. The number of fused-ring (bicyclic) bond motifs is 1. The van der Waals surface area contributed by atoms with Gasteiger partial charge in [0.05, 0.1) is 11.8 Å². The van der Waals surface area contributed by atoms with Crippen molar-refractivity contribution in [3.05, 3.63) is 59.7 Å². The van der Waals surface area contributed by atoms with Gasteiger partial charge in [0.2, 0.25) is 11.8 Å². The Bertz CT molecular complexity index is 1010. The summed E-state index contributed by atoms with van der Waals surface area (Å²) >= 11 is 1.15. The average Bonchev–Trinajstić information content (AvgIpc) is 3.22. The maximum Gasteiger partial charge on any atom is 0.387 e. The molecule has 1 N–H and O–H groups in total. The first-order chi connectivity index (χ1) is 14.6. The Morgan fingerprint density at radius 3 is 2.80 bits per heavy atom. The molecular formula is C21H19F2N3O3S. The van der Waals surface area contributed by atoms with Crippen LogP contribution in [-0.4, -0.2) is 28.5 Å². The Labute approximate surface area is 176 Å². The topological polar surface area (TPSA) is 77.2 Å². The van der Waals surface area contributed by atoms with Crippen molar-refractivity contribution in [1.29, 1.82) is 0 Å². The number of carbonyl (C=O) groups is 1. The van der Waals surface area contributed by atoms with E-state index in [1.807, 2.05) is 12.1 Å².